The number of imidazole rings is 1. The fourth-order valence-electron chi connectivity index (χ4n) is 8.35. The number of methoxy groups -OCH3 is 3. The first-order valence-corrected chi connectivity index (χ1v) is 24.2. The normalized spacial score (nSPS) is 18.0. The van der Waals surface area contributed by atoms with E-state index in [4.69, 9.17) is 42.7 Å². The summed E-state index contributed by atoms with van der Waals surface area (Å²) in [5, 5.41) is 9.52. The number of rotatable bonds is 24. The summed E-state index contributed by atoms with van der Waals surface area (Å²) in [4.78, 5) is 45.5. The summed E-state index contributed by atoms with van der Waals surface area (Å²) in [6.07, 6.45) is -0.905. The van der Waals surface area contributed by atoms with Crippen LogP contribution in [0.5, 0.6) is 11.5 Å². The maximum atomic E-state index is 14.0. The molecule has 2 unspecified atom stereocenters. The van der Waals surface area contributed by atoms with E-state index in [0.29, 0.717) is 11.5 Å². The summed E-state index contributed by atoms with van der Waals surface area (Å²) in [7, 11) is 6.60. The third-order valence-electron chi connectivity index (χ3n) is 11.3. The maximum absolute atomic E-state index is 14.0. The van der Waals surface area contributed by atoms with Gasteiger partial charge < -0.3 is 42.6 Å². The lowest BCUT2D eigenvalue weighted by molar-refractivity contribution is -0.152. The van der Waals surface area contributed by atoms with Crippen LogP contribution in [-0.4, -0.2) is 139 Å². The van der Waals surface area contributed by atoms with E-state index < -0.39 is 55.6 Å². The molecule has 0 spiro atoms. The fraction of sp³-hybridized carbons (Fsp3) is 0.480. The second kappa shape index (κ2) is 23.7. The summed E-state index contributed by atoms with van der Waals surface area (Å²) < 4.78 is 55.1. The molecule has 3 heterocycles. The lowest BCUT2D eigenvalue weighted by Gasteiger charge is -2.40. The quantitative estimate of drug-likeness (QED) is 0.0161. The predicted octanol–water partition coefficient (Wildman–Crippen LogP) is 7.35. The number of nitrogens with one attached hydrogen (secondary N) is 1. The highest BCUT2D eigenvalue weighted by Crippen LogP contribution is 2.51. The number of hydrogen-bond acceptors (Lipinski definition) is 15. The second-order valence-electron chi connectivity index (χ2n) is 17.8. The van der Waals surface area contributed by atoms with Crippen molar-refractivity contribution in [3.05, 3.63) is 112 Å². The highest BCUT2D eigenvalue weighted by Gasteiger charge is 2.52. The molecule has 0 radical (unpaired) electrons. The van der Waals surface area contributed by atoms with Crippen LogP contribution in [0.1, 0.15) is 70.9 Å². The van der Waals surface area contributed by atoms with Crippen molar-refractivity contribution >= 4 is 37.7 Å². The maximum Gasteiger partial charge on any atom is 0.314 e. The number of aromatic nitrogens is 4. The number of hydrogen-bond donors (Lipinski definition) is 1. The number of esters is 1. The van der Waals surface area contributed by atoms with Crippen molar-refractivity contribution in [3.8, 4) is 17.6 Å². The Hall–Kier alpha value is -5.77. The minimum absolute atomic E-state index is 0.00598. The first kappa shape index (κ1) is 52.6. The first-order chi connectivity index (χ1) is 33.0. The summed E-state index contributed by atoms with van der Waals surface area (Å²) in [6, 6.07) is 27.3. The van der Waals surface area contributed by atoms with Gasteiger partial charge in [-0.2, -0.15) is 10.2 Å². The van der Waals surface area contributed by atoms with E-state index in [9.17, 15) is 14.9 Å². The van der Waals surface area contributed by atoms with Crippen molar-refractivity contribution in [2.24, 2.45) is 4.99 Å². The van der Waals surface area contributed by atoms with Gasteiger partial charge >= 0.3 is 5.97 Å². The van der Waals surface area contributed by atoms with E-state index in [0.717, 1.165) is 16.7 Å². The molecule has 370 valence electrons. The fourth-order valence-corrected chi connectivity index (χ4v) is 10.6. The Morgan fingerprint density at radius 1 is 0.928 bits per heavy atom. The zero-order chi connectivity index (χ0) is 49.9. The van der Waals surface area contributed by atoms with Crippen molar-refractivity contribution in [3.63, 3.8) is 0 Å². The van der Waals surface area contributed by atoms with E-state index in [1.54, 1.807) is 58.7 Å². The molecule has 0 bridgehead atoms. The third kappa shape index (κ3) is 12.5. The van der Waals surface area contributed by atoms with Crippen LogP contribution in [0.2, 0.25) is 0 Å². The van der Waals surface area contributed by atoms with Gasteiger partial charge in [-0.1, -0.05) is 54.6 Å². The molecule has 1 aliphatic rings. The zero-order valence-corrected chi connectivity index (χ0v) is 42.2. The molecule has 0 saturated carbocycles. The van der Waals surface area contributed by atoms with Crippen molar-refractivity contribution < 1.29 is 42.5 Å². The standard InChI is InChI=1S/C50H65N8O10P/c1-33(2)58(34(3)4)69(30-41(59)67-49(5,6)25-26-51)68-43-40(66-47(44(43)64-28-27-61-9)57-32-52-42-45(57)54-48(55-46(42)60)53-31-56(7)8)29-65-50(35-15-13-12-14-16-35,36-17-21-38(62-10)22-18-36)37-19-23-39(63-11)24-20-37/h12-24,31-34,40,43-44,47H,25,27-30H2,1-11H3,(H,54,55,60)/t40-,43+,44?,47-,69?/m1/s1. The molecular formula is C50H65N8O10P. The van der Waals surface area contributed by atoms with Crippen LogP contribution < -0.4 is 15.0 Å². The Morgan fingerprint density at radius 2 is 1.54 bits per heavy atom. The van der Waals surface area contributed by atoms with E-state index in [1.165, 1.54) is 12.7 Å². The summed E-state index contributed by atoms with van der Waals surface area (Å²) in [5.41, 5.74) is -0.110. The number of fused-ring (bicyclic) bond motifs is 1. The largest absolute Gasteiger partial charge is 0.497 e. The van der Waals surface area contributed by atoms with Crippen LogP contribution in [0.25, 0.3) is 11.2 Å². The Labute approximate surface area is 405 Å². The Kier molecular flexibility index (Phi) is 18.1. The molecule has 2 aromatic heterocycles. The molecule has 69 heavy (non-hydrogen) atoms. The number of aliphatic imine (C=N–C) groups is 1. The van der Waals surface area contributed by atoms with Crippen molar-refractivity contribution in [1.82, 2.24) is 29.1 Å². The van der Waals surface area contributed by atoms with Gasteiger partial charge in [0.05, 0.1) is 59.2 Å². The molecule has 19 heteroatoms. The number of ether oxygens (including phenoxy) is 7. The Morgan fingerprint density at radius 3 is 2.09 bits per heavy atom. The van der Waals surface area contributed by atoms with Crippen LogP contribution in [0, 0.1) is 11.3 Å². The lowest BCUT2D eigenvalue weighted by atomic mass is 9.80. The molecule has 0 amide bonds. The van der Waals surface area contributed by atoms with E-state index in [1.807, 2.05) is 107 Å². The van der Waals surface area contributed by atoms with Gasteiger partial charge in [0.25, 0.3) is 5.56 Å². The number of H-pyrrole nitrogens is 1. The van der Waals surface area contributed by atoms with Crippen LogP contribution in [-0.2, 0) is 38.6 Å². The predicted molar refractivity (Wildman–Crippen MR) is 263 cm³/mol. The van der Waals surface area contributed by atoms with Gasteiger partial charge in [-0.15, -0.1) is 0 Å². The van der Waals surface area contributed by atoms with Gasteiger partial charge in [0.1, 0.15) is 55.5 Å². The Bertz CT molecular complexity index is 2510. The minimum atomic E-state index is -1.82. The molecule has 5 atom stereocenters. The van der Waals surface area contributed by atoms with Gasteiger partial charge in [-0.3, -0.25) is 23.8 Å². The molecule has 1 fully saturated rings. The number of benzene rings is 3. The molecule has 18 nitrogen and oxygen atoms in total. The lowest BCUT2D eigenvalue weighted by Crippen LogP contribution is -2.43. The Balaban J connectivity index is 1.55. The molecule has 1 aliphatic heterocycles. The van der Waals surface area contributed by atoms with Crippen LogP contribution in [0.15, 0.2) is 95.0 Å². The molecule has 5 aromatic rings. The third-order valence-corrected chi connectivity index (χ3v) is 13.8. The molecule has 1 saturated heterocycles. The van der Waals surface area contributed by atoms with Gasteiger partial charge in [-0.05, 0) is 82.5 Å². The SMILES string of the molecule is COCCOC1[C@@H](OP(CC(=O)OC(C)(C)CC#N)N(C(C)C)C(C)C)[C@@H](COC(c2ccccc2)(c2ccc(OC)cc2)c2ccc(OC)cc2)O[C@H]1n1cnc2c(=O)[nH]c(N=CN(C)C)nc21. The van der Waals surface area contributed by atoms with E-state index in [-0.39, 0.29) is 61.6 Å². The number of aromatic amines is 1. The summed E-state index contributed by atoms with van der Waals surface area (Å²) in [6.45, 7) is 11.8. The average molecular weight is 969 g/mol. The highest BCUT2D eigenvalue weighted by atomic mass is 31.2. The van der Waals surface area contributed by atoms with Crippen molar-refractivity contribution in [1.29, 1.82) is 5.26 Å². The van der Waals surface area contributed by atoms with Crippen LogP contribution in [0.4, 0.5) is 5.95 Å². The molecule has 1 N–H and O–H groups in total. The van der Waals surface area contributed by atoms with Gasteiger partial charge in [-0.25, -0.2) is 9.98 Å². The number of nitrogens with zero attached hydrogens (tertiary/aromatic N) is 7. The monoisotopic (exact) mass is 968 g/mol. The van der Waals surface area contributed by atoms with Crippen LogP contribution in [0.3, 0.4) is 0 Å². The van der Waals surface area contributed by atoms with Crippen molar-refractivity contribution in [2.45, 2.75) is 95.8 Å². The number of carbonyl (C=O) groups excluding carboxylic acids is 1. The zero-order valence-electron chi connectivity index (χ0n) is 41.3. The molecular weight excluding hydrogens is 904 g/mol. The number of carbonyl (C=O) groups is 1. The smallest absolute Gasteiger partial charge is 0.314 e. The average Bonchev–Trinajstić information content (AvgIpc) is 3.89. The molecule has 6 rings (SSSR count). The highest BCUT2D eigenvalue weighted by molar-refractivity contribution is 7.51. The second-order valence-corrected chi connectivity index (χ2v) is 19.5. The number of nitriles is 1. The minimum Gasteiger partial charge on any atom is -0.497 e. The van der Waals surface area contributed by atoms with E-state index >= 15 is 0 Å². The van der Waals surface area contributed by atoms with Crippen molar-refractivity contribution in [2.75, 3.05) is 61.4 Å². The summed E-state index contributed by atoms with van der Waals surface area (Å²) in [5.74, 6) is 0.869. The topological polar surface area (TPSA) is 197 Å². The molecule has 3 aromatic carbocycles. The first-order valence-electron chi connectivity index (χ1n) is 22.8. The van der Waals surface area contributed by atoms with E-state index in [2.05, 4.69) is 25.7 Å². The van der Waals surface area contributed by atoms with Crippen LogP contribution >= 0.6 is 8.30 Å². The molecule has 0 aliphatic carbocycles. The summed E-state index contributed by atoms with van der Waals surface area (Å²) >= 11 is 0. The van der Waals surface area contributed by atoms with Gasteiger partial charge in [0.2, 0.25) is 5.95 Å². The van der Waals surface area contributed by atoms with Gasteiger partial charge in [0.15, 0.2) is 17.4 Å². The van der Waals surface area contributed by atoms with Gasteiger partial charge in [0, 0.05) is 33.3 Å².